The predicted molar refractivity (Wildman–Crippen MR) is 121 cm³/mol. The Morgan fingerprint density at radius 2 is 1.70 bits per heavy atom. The van der Waals surface area contributed by atoms with Gasteiger partial charge in [-0.3, -0.25) is 9.59 Å². The summed E-state index contributed by atoms with van der Waals surface area (Å²) in [4.78, 5) is 29.0. The first-order valence-electron chi connectivity index (χ1n) is 9.67. The summed E-state index contributed by atoms with van der Waals surface area (Å²) in [5.74, 6) is -0.357. The van der Waals surface area contributed by atoms with Crippen LogP contribution in [0.1, 0.15) is 26.3 Å². The van der Waals surface area contributed by atoms with Crippen LogP contribution in [0.15, 0.2) is 54.6 Å². The van der Waals surface area contributed by atoms with E-state index in [-0.39, 0.29) is 11.8 Å². The lowest BCUT2D eigenvalue weighted by atomic mass is 10.1. The highest BCUT2D eigenvalue weighted by atomic mass is 35.5. The summed E-state index contributed by atoms with van der Waals surface area (Å²) < 4.78 is 5.38. The van der Waals surface area contributed by atoms with Gasteiger partial charge in [-0.25, -0.2) is 0 Å². The second kappa shape index (κ2) is 9.00. The lowest BCUT2D eigenvalue weighted by molar-refractivity contribution is 0.0303. The second-order valence-electron chi connectivity index (χ2n) is 6.99. The van der Waals surface area contributed by atoms with Gasteiger partial charge in [-0.1, -0.05) is 41.9 Å². The lowest BCUT2D eigenvalue weighted by Gasteiger charge is -2.27. The van der Waals surface area contributed by atoms with Gasteiger partial charge in [0.25, 0.3) is 11.8 Å². The highest BCUT2D eigenvalue weighted by Crippen LogP contribution is 2.40. The minimum atomic E-state index is -0.274. The molecule has 0 spiro atoms. The van der Waals surface area contributed by atoms with Crippen LogP contribution >= 0.6 is 22.9 Å². The number of morpholine rings is 1. The minimum absolute atomic E-state index is 0.0827. The summed E-state index contributed by atoms with van der Waals surface area (Å²) in [6.07, 6.45) is 0. The Morgan fingerprint density at radius 3 is 2.37 bits per heavy atom. The molecular formula is C23H21ClN2O3S. The average Bonchev–Trinajstić information content (AvgIpc) is 3.10. The van der Waals surface area contributed by atoms with Crippen molar-refractivity contribution in [1.82, 2.24) is 4.90 Å². The third kappa shape index (κ3) is 4.26. The number of nitrogens with zero attached hydrogens (tertiary/aromatic N) is 1. The van der Waals surface area contributed by atoms with Crippen LogP contribution < -0.4 is 5.32 Å². The van der Waals surface area contributed by atoms with E-state index in [1.54, 1.807) is 29.2 Å². The number of carbonyl (C=O) groups excluding carboxylic acids is 2. The summed E-state index contributed by atoms with van der Waals surface area (Å²) >= 11 is 7.35. The number of hydrogen-bond acceptors (Lipinski definition) is 4. The van der Waals surface area contributed by atoms with Gasteiger partial charge in [0.1, 0.15) is 5.00 Å². The zero-order chi connectivity index (χ0) is 21.1. The maximum Gasteiger partial charge on any atom is 0.257 e. The van der Waals surface area contributed by atoms with Crippen molar-refractivity contribution < 1.29 is 14.3 Å². The Bertz CT molecular complexity index is 1060. The van der Waals surface area contributed by atoms with Gasteiger partial charge in [-0.05, 0) is 42.3 Å². The van der Waals surface area contributed by atoms with Crippen molar-refractivity contribution in [3.8, 4) is 10.4 Å². The van der Waals surface area contributed by atoms with Crippen LogP contribution in [-0.2, 0) is 4.74 Å². The summed E-state index contributed by atoms with van der Waals surface area (Å²) in [5, 5.41) is 4.08. The molecule has 2 heterocycles. The van der Waals surface area contributed by atoms with Gasteiger partial charge in [0.15, 0.2) is 0 Å². The molecule has 0 saturated carbocycles. The van der Waals surface area contributed by atoms with Crippen molar-refractivity contribution in [1.29, 1.82) is 0 Å². The number of rotatable bonds is 4. The molecule has 1 saturated heterocycles. The van der Waals surface area contributed by atoms with Crippen LogP contribution in [0.2, 0.25) is 5.02 Å². The number of benzene rings is 2. The third-order valence-corrected chi connectivity index (χ3v) is 6.54. The first-order chi connectivity index (χ1) is 14.5. The summed E-state index contributed by atoms with van der Waals surface area (Å²) in [7, 11) is 0. The fourth-order valence-corrected chi connectivity index (χ4v) is 4.75. The van der Waals surface area contributed by atoms with Crippen LogP contribution in [0.25, 0.3) is 10.4 Å². The van der Waals surface area contributed by atoms with Gasteiger partial charge >= 0.3 is 0 Å². The predicted octanol–water partition coefficient (Wildman–Crippen LogP) is 5.10. The SMILES string of the molecule is Cc1c(-c2ccccc2)sc(NC(=O)c2ccc(Cl)cc2)c1C(=O)N1CCOCC1. The summed E-state index contributed by atoms with van der Waals surface area (Å²) in [6.45, 7) is 4.06. The van der Waals surface area contributed by atoms with E-state index in [4.69, 9.17) is 16.3 Å². The molecule has 0 unspecified atom stereocenters. The van der Waals surface area contributed by atoms with E-state index < -0.39 is 0 Å². The molecule has 1 fully saturated rings. The largest absolute Gasteiger partial charge is 0.378 e. The molecule has 3 aromatic rings. The topological polar surface area (TPSA) is 58.6 Å². The average molecular weight is 441 g/mol. The molecule has 1 aromatic heterocycles. The molecule has 0 radical (unpaired) electrons. The first-order valence-corrected chi connectivity index (χ1v) is 10.9. The molecular weight excluding hydrogens is 420 g/mol. The third-order valence-electron chi connectivity index (χ3n) is 5.03. The van der Waals surface area contributed by atoms with E-state index in [9.17, 15) is 9.59 Å². The normalized spacial score (nSPS) is 13.9. The van der Waals surface area contributed by atoms with Crippen LogP contribution in [0, 0.1) is 6.92 Å². The Hall–Kier alpha value is -2.67. The zero-order valence-electron chi connectivity index (χ0n) is 16.5. The Morgan fingerprint density at radius 1 is 1.03 bits per heavy atom. The number of carbonyl (C=O) groups is 2. The van der Waals surface area contributed by atoms with Gasteiger partial charge in [0.2, 0.25) is 0 Å². The van der Waals surface area contributed by atoms with Gasteiger partial charge < -0.3 is 15.0 Å². The number of ether oxygens (including phenoxy) is 1. The van der Waals surface area contributed by atoms with Crippen LogP contribution in [-0.4, -0.2) is 43.0 Å². The fraction of sp³-hybridized carbons (Fsp3) is 0.217. The number of hydrogen-bond donors (Lipinski definition) is 1. The zero-order valence-corrected chi connectivity index (χ0v) is 18.1. The van der Waals surface area contributed by atoms with Crippen LogP contribution in [0.5, 0.6) is 0 Å². The summed E-state index contributed by atoms with van der Waals surface area (Å²) in [5.41, 5.74) is 2.91. The molecule has 1 aliphatic heterocycles. The number of halogens is 1. The lowest BCUT2D eigenvalue weighted by Crippen LogP contribution is -2.41. The quantitative estimate of drug-likeness (QED) is 0.613. The van der Waals surface area contributed by atoms with E-state index in [1.165, 1.54) is 11.3 Å². The molecule has 5 nitrogen and oxygen atoms in total. The Balaban J connectivity index is 1.72. The molecule has 2 aromatic carbocycles. The van der Waals surface area contributed by atoms with E-state index in [1.807, 2.05) is 37.3 Å². The van der Waals surface area contributed by atoms with E-state index in [2.05, 4.69) is 5.32 Å². The molecule has 4 rings (SSSR count). The van der Waals surface area contributed by atoms with Crippen molar-refractivity contribution in [3.63, 3.8) is 0 Å². The molecule has 0 bridgehead atoms. The van der Waals surface area contributed by atoms with Crippen LogP contribution in [0.4, 0.5) is 5.00 Å². The maximum absolute atomic E-state index is 13.4. The van der Waals surface area contributed by atoms with Crippen molar-refractivity contribution >= 4 is 39.8 Å². The molecule has 1 N–H and O–H groups in total. The Kier molecular flexibility index (Phi) is 6.18. The van der Waals surface area contributed by atoms with Crippen molar-refractivity contribution in [3.05, 3.63) is 76.3 Å². The van der Waals surface area contributed by atoms with E-state index >= 15 is 0 Å². The minimum Gasteiger partial charge on any atom is -0.378 e. The molecule has 30 heavy (non-hydrogen) atoms. The van der Waals surface area contributed by atoms with Gasteiger partial charge in [-0.2, -0.15) is 0 Å². The number of nitrogens with one attached hydrogen (secondary N) is 1. The molecule has 1 aliphatic rings. The molecule has 0 atom stereocenters. The van der Waals surface area contributed by atoms with Crippen molar-refractivity contribution in [2.45, 2.75) is 6.92 Å². The van der Waals surface area contributed by atoms with Gasteiger partial charge in [-0.15, -0.1) is 11.3 Å². The molecule has 7 heteroatoms. The van der Waals surface area contributed by atoms with Gasteiger partial charge in [0.05, 0.1) is 18.8 Å². The highest BCUT2D eigenvalue weighted by molar-refractivity contribution is 7.20. The fourth-order valence-electron chi connectivity index (χ4n) is 3.43. The second-order valence-corrected chi connectivity index (χ2v) is 8.45. The molecule has 0 aliphatic carbocycles. The molecule has 154 valence electrons. The number of thiophene rings is 1. The monoisotopic (exact) mass is 440 g/mol. The Labute approximate surface area is 184 Å². The van der Waals surface area contributed by atoms with E-state index in [0.29, 0.717) is 47.5 Å². The van der Waals surface area contributed by atoms with Crippen LogP contribution in [0.3, 0.4) is 0 Å². The smallest absolute Gasteiger partial charge is 0.257 e. The van der Waals surface area contributed by atoms with E-state index in [0.717, 1.165) is 16.0 Å². The number of amides is 2. The summed E-state index contributed by atoms with van der Waals surface area (Å²) in [6, 6.07) is 16.6. The van der Waals surface area contributed by atoms with Crippen molar-refractivity contribution in [2.75, 3.05) is 31.6 Å². The van der Waals surface area contributed by atoms with Gasteiger partial charge in [0, 0.05) is 28.6 Å². The molecule has 2 amide bonds. The van der Waals surface area contributed by atoms with Crippen molar-refractivity contribution in [2.24, 2.45) is 0 Å². The standard InChI is InChI=1S/C23H21ClN2O3S/c1-15-19(23(28)26-11-13-29-14-12-26)22(30-20(15)16-5-3-2-4-6-16)25-21(27)17-7-9-18(24)10-8-17/h2-10H,11-14H2,1H3,(H,25,27). The highest BCUT2D eigenvalue weighted by Gasteiger charge is 2.28. The maximum atomic E-state index is 13.4. The first kappa shape index (κ1) is 20.6. The number of anilines is 1.